The Bertz CT molecular complexity index is 333. The van der Waals surface area contributed by atoms with Crippen molar-refractivity contribution in [3.63, 3.8) is 0 Å². The van der Waals surface area contributed by atoms with E-state index >= 15 is 0 Å². The fourth-order valence-electron chi connectivity index (χ4n) is 1.75. The number of likely N-dealkylation sites (N-methyl/N-ethyl adjacent to an activating group) is 2. The van der Waals surface area contributed by atoms with Gasteiger partial charge in [0.05, 0.1) is 0 Å². The number of thiophene rings is 1. The van der Waals surface area contributed by atoms with Gasteiger partial charge >= 0.3 is 0 Å². The van der Waals surface area contributed by atoms with Crippen molar-refractivity contribution in [2.75, 3.05) is 41.3 Å². The maximum Gasteiger partial charge on any atom is 0.0296 e. The minimum absolute atomic E-state index is 0.979. The van der Waals surface area contributed by atoms with Gasteiger partial charge < -0.3 is 15.1 Å². The van der Waals surface area contributed by atoms with Crippen LogP contribution in [0.5, 0.6) is 0 Å². The highest BCUT2D eigenvalue weighted by atomic mass is 32.1. The van der Waals surface area contributed by atoms with Gasteiger partial charge in [0.15, 0.2) is 0 Å². The zero-order valence-corrected chi connectivity index (χ0v) is 12.5. The molecule has 1 aromatic heterocycles. The summed E-state index contributed by atoms with van der Waals surface area (Å²) < 4.78 is 0. The smallest absolute Gasteiger partial charge is 0.0296 e. The summed E-state index contributed by atoms with van der Waals surface area (Å²) in [6, 6.07) is 2.34. The second-order valence-corrected chi connectivity index (χ2v) is 6.21. The van der Waals surface area contributed by atoms with Crippen LogP contribution in [-0.2, 0) is 13.1 Å². The van der Waals surface area contributed by atoms with E-state index in [-0.39, 0.29) is 0 Å². The second-order valence-electron chi connectivity index (χ2n) is 4.87. The van der Waals surface area contributed by atoms with E-state index in [0.717, 1.165) is 26.2 Å². The molecule has 0 saturated carbocycles. The van der Waals surface area contributed by atoms with Gasteiger partial charge in [-0.05, 0) is 46.7 Å². The van der Waals surface area contributed by atoms with Gasteiger partial charge in [0.2, 0.25) is 0 Å². The Kier molecular flexibility index (Phi) is 6.12. The fourth-order valence-corrected chi connectivity index (χ4v) is 2.81. The van der Waals surface area contributed by atoms with Gasteiger partial charge in [-0.25, -0.2) is 0 Å². The monoisotopic (exact) mass is 255 g/mol. The van der Waals surface area contributed by atoms with Gasteiger partial charge in [-0.3, -0.25) is 0 Å². The van der Waals surface area contributed by atoms with Crippen LogP contribution in [0.25, 0.3) is 0 Å². The van der Waals surface area contributed by atoms with E-state index in [1.54, 1.807) is 0 Å². The number of hydrogen-bond acceptors (Lipinski definition) is 4. The molecule has 0 aliphatic carbocycles. The lowest BCUT2D eigenvalue weighted by Crippen LogP contribution is -2.28. The molecule has 1 rings (SSSR count). The maximum atomic E-state index is 3.21. The first-order chi connectivity index (χ1) is 8.02. The first kappa shape index (κ1) is 14.6. The van der Waals surface area contributed by atoms with Crippen LogP contribution in [0.4, 0.5) is 0 Å². The summed E-state index contributed by atoms with van der Waals surface area (Å²) in [5, 5.41) is 3.21. The largest absolute Gasteiger partial charge is 0.315 e. The quantitative estimate of drug-likeness (QED) is 0.801. The Morgan fingerprint density at radius 1 is 1.24 bits per heavy atom. The van der Waals surface area contributed by atoms with Crippen LogP contribution in [-0.4, -0.2) is 51.1 Å². The molecular weight excluding hydrogens is 230 g/mol. The molecule has 0 aliphatic heterocycles. The topological polar surface area (TPSA) is 18.5 Å². The molecule has 0 aromatic carbocycles. The molecular formula is C13H25N3S. The minimum atomic E-state index is 0.979. The number of aryl methyl sites for hydroxylation is 1. The lowest BCUT2D eigenvalue weighted by Gasteiger charge is -2.19. The fraction of sp³-hybridized carbons (Fsp3) is 0.692. The highest BCUT2D eigenvalue weighted by molar-refractivity contribution is 7.12. The Morgan fingerprint density at radius 3 is 2.53 bits per heavy atom. The van der Waals surface area contributed by atoms with E-state index in [1.165, 1.54) is 15.3 Å². The normalized spacial score (nSPS) is 11.7. The summed E-state index contributed by atoms with van der Waals surface area (Å²) >= 11 is 1.91. The molecule has 1 aromatic rings. The van der Waals surface area contributed by atoms with Crippen molar-refractivity contribution in [1.82, 2.24) is 15.1 Å². The average molecular weight is 255 g/mol. The van der Waals surface area contributed by atoms with Gasteiger partial charge in [-0.2, -0.15) is 0 Å². The van der Waals surface area contributed by atoms with Crippen LogP contribution in [0.15, 0.2) is 6.07 Å². The molecule has 17 heavy (non-hydrogen) atoms. The number of nitrogens with one attached hydrogen (secondary N) is 1. The minimum Gasteiger partial charge on any atom is -0.315 e. The molecule has 0 amide bonds. The molecule has 0 atom stereocenters. The van der Waals surface area contributed by atoms with Crippen LogP contribution < -0.4 is 5.32 Å². The summed E-state index contributed by atoms with van der Waals surface area (Å²) in [7, 11) is 8.43. The Labute approximate surface area is 109 Å². The third-order valence-corrected chi connectivity index (χ3v) is 3.88. The Morgan fingerprint density at radius 2 is 1.94 bits per heavy atom. The van der Waals surface area contributed by atoms with Crippen molar-refractivity contribution in [2.24, 2.45) is 0 Å². The predicted molar refractivity (Wildman–Crippen MR) is 76.7 cm³/mol. The van der Waals surface area contributed by atoms with Crippen molar-refractivity contribution >= 4 is 11.3 Å². The number of rotatable bonds is 7. The molecule has 0 bridgehead atoms. The molecule has 0 spiro atoms. The zero-order valence-electron chi connectivity index (χ0n) is 11.7. The molecule has 0 saturated heterocycles. The SMILES string of the molecule is CNCc1cc(CN(C)CCN(C)C)c(C)s1. The molecule has 1 N–H and O–H groups in total. The highest BCUT2D eigenvalue weighted by Gasteiger charge is 2.07. The van der Waals surface area contributed by atoms with Gasteiger partial charge in [0.25, 0.3) is 0 Å². The van der Waals surface area contributed by atoms with E-state index in [2.05, 4.69) is 49.2 Å². The average Bonchev–Trinajstić information content (AvgIpc) is 2.57. The van der Waals surface area contributed by atoms with E-state index in [0.29, 0.717) is 0 Å². The predicted octanol–water partition coefficient (Wildman–Crippen LogP) is 1.77. The highest BCUT2D eigenvalue weighted by Crippen LogP contribution is 2.22. The van der Waals surface area contributed by atoms with Crippen molar-refractivity contribution in [1.29, 1.82) is 0 Å². The molecule has 0 fully saturated rings. The van der Waals surface area contributed by atoms with E-state index < -0.39 is 0 Å². The molecule has 0 radical (unpaired) electrons. The zero-order chi connectivity index (χ0) is 12.8. The van der Waals surface area contributed by atoms with E-state index in [9.17, 15) is 0 Å². The van der Waals surface area contributed by atoms with Gasteiger partial charge in [0, 0.05) is 35.9 Å². The van der Waals surface area contributed by atoms with Gasteiger partial charge in [-0.15, -0.1) is 11.3 Å². The first-order valence-corrected chi connectivity index (χ1v) is 6.90. The Balaban J connectivity index is 2.49. The second kappa shape index (κ2) is 7.11. The third kappa shape index (κ3) is 5.17. The molecule has 0 aliphatic rings. The first-order valence-electron chi connectivity index (χ1n) is 6.09. The lowest BCUT2D eigenvalue weighted by molar-refractivity contribution is 0.276. The van der Waals surface area contributed by atoms with E-state index in [1.807, 2.05) is 18.4 Å². The summed E-state index contributed by atoms with van der Waals surface area (Å²) in [6.07, 6.45) is 0. The molecule has 98 valence electrons. The molecule has 0 unspecified atom stereocenters. The van der Waals surface area contributed by atoms with Crippen LogP contribution >= 0.6 is 11.3 Å². The van der Waals surface area contributed by atoms with Crippen molar-refractivity contribution in [3.8, 4) is 0 Å². The van der Waals surface area contributed by atoms with Gasteiger partial charge in [-0.1, -0.05) is 0 Å². The standard InChI is InChI=1S/C13H25N3S/c1-11-12(8-13(17-11)9-14-2)10-16(5)7-6-15(3)4/h8,14H,6-7,9-10H2,1-5H3. The summed E-state index contributed by atoms with van der Waals surface area (Å²) in [5.74, 6) is 0. The van der Waals surface area contributed by atoms with Gasteiger partial charge in [0.1, 0.15) is 0 Å². The maximum absolute atomic E-state index is 3.21. The van der Waals surface area contributed by atoms with Crippen LogP contribution in [0.1, 0.15) is 15.3 Å². The van der Waals surface area contributed by atoms with E-state index in [4.69, 9.17) is 0 Å². The van der Waals surface area contributed by atoms with Crippen LogP contribution in [0, 0.1) is 6.92 Å². The van der Waals surface area contributed by atoms with Crippen molar-refractivity contribution < 1.29 is 0 Å². The number of nitrogens with zero attached hydrogens (tertiary/aromatic N) is 2. The van der Waals surface area contributed by atoms with Crippen molar-refractivity contribution in [3.05, 3.63) is 21.4 Å². The summed E-state index contributed by atoms with van der Waals surface area (Å²) in [5.41, 5.74) is 1.47. The van der Waals surface area contributed by atoms with Crippen LogP contribution in [0.3, 0.4) is 0 Å². The van der Waals surface area contributed by atoms with Crippen LogP contribution in [0.2, 0.25) is 0 Å². The lowest BCUT2D eigenvalue weighted by atomic mass is 10.2. The molecule has 1 heterocycles. The third-order valence-electron chi connectivity index (χ3n) is 2.79. The summed E-state index contributed by atoms with van der Waals surface area (Å²) in [6.45, 7) is 6.48. The van der Waals surface area contributed by atoms with Crippen molar-refractivity contribution in [2.45, 2.75) is 20.0 Å². The summed E-state index contributed by atoms with van der Waals surface area (Å²) in [4.78, 5) is 7.50. The molecule has 3 nitrogen and oxygen atoms in total. The Hall–Kier alpha value is -0.420. The number of hydrogen-bond donors (Lipinski definition) is 1. The molecule has 4 heteroatoms.